The lowest BCUT2D eigenvalue weighted by atomic mass is 9.93. The SMILES string of the molecule is O=C(CN1CCc2sccc2C1c1ccc(Cl)cc1)N1CCCN(C(=O)c2ccccc2Cl)CC1. The molecular weight excluding hydrogens is 501 g/mol. The molecule has 1 aromatic heterocycles. The average molecular weight is 529 g/mol. The summed E-state index contributed by atoms with van der Waals surface area (Å²) in [5, 5.41) is 3.30. The van der Waals surface area contributed by atoms with Crippen molar-refractivity contribution < 1.29 is 9.59 Å². The lowest BCUT2D eigenvalue weighted by molar-refractivity contribution is -0.132. The van der Waals surface area contributed by atoms with Crippen LogP contribution in [0.3, 0.4) is 0 Å². The van der Waals surface area contributed by atoms with Gasteiger partial charge in [-0.15, -0.1) is 11.3 Å². The zero-order valence-electron chi connectivity index (χ0n) is 19.3. The van der Waals surface area contributed by atoms with E-state index in [0.717, 1.165) is 24.9 Å². The second kappa shape index (κ2) is 10.7. The molecule has 8 heteroatoms. The lowest BCUT2D eigenvalue weighted by Crippen LogP contribution is -2.45. The van der Waals surface area contributed by atoms with Crippen molar-refractivity contribution in [1.82, 2.24) is 14.7 Å². The van der Waals surface area contributed by atoms with E-state index in [1.165, 1.54) is 10.4 Å². The summed E-state index contributed by atoms with van der Waals surface area (Å²) < 4.78 is 0. The predicted octanol–water partition coefficient (Wildman–Crippen LogP) is 5.38. The van der Waals surface area contributed by atoms with Gasteiger partial charge in [0.05, 0.1) is 23.2 Å². The van der Waals surface area contributed by atoms with Gasteiger partial charge in [0.2, 0.25) is 5.91 Å². The Morgan fingerprint density at radius 1 is 0.886 bits per heavy atom. The first-order valence-electron chi connectivity index (χ1n) is 11.9. The number of rotatable bonds is 4. The highest BCUT2D eigenvalue weighted by Crippen LogP contribution is 2.38. The Morgan fingerprint density at radius 3 is 2.43 bits per heavy atom. The fourth-order valence-corrected chi connectivity index (χ4v) is 6.27. The minimum absolute atomic E-state index is 0.0384. The van der Waals surface area contributed by atoms with Crippen LogP contribution in [-0.2, 0) is 11.2 Å². The number of carbonyl (C=O) groups is 2. The summed E-state index contributed by atoms with van der Waals surface area (Å²) >= 11 is 14.2. The number of hydrogen-bond acceptors (Lipinski definition) is 4. The van der Waals surface area contributed by atoms with Crippen LogP contribution in [0.5, 0.6) is 0 Å². The molecule has 0 radical (unpaired) electrons. The molecule has 0 N–H and O–H groups in total. The largest absolute Gasteiger partial charge is 0.340 e. The molecule has 5 rings (SSSR count). The van der Waals surface area contributed by atoms with Gasteiger partial charge in [-0.2, -0.15) is 0 Å². The van der Waals surface area contributed by atoms with Gasteiger partial charge in [0.1, 0.15) is 0 Å². The molecule has 1 atom stereocenters. The minimum Gasteiger partial charge on any atom is -0.340 e. The number of carbonyl (C=O) groups excluding carboxylic acids is 2. The van der Waals surface area contributed by atoms with Crippen molar-refractivity contribution in [3.63, 3.8) is 0 Å². The summed E-state index contributed by atoms with van der Waals surface area (Å²) in [6, 6.07) is 17.3. The third-order valence-corrected chi connectivity index (χ3v) is 8.41. The molecule has 0 saturated carbocycles. The maximum atomic E-state index is 13.4. The summed E-state index contributed by atoms with van der Waals surface area (Å²) in [7, 11) is 0. The third-order valence-electron chi connectivity index (χ3n) is 6.83. The standard InChI is InChI=1S/C27H27Cl2N3O2S/c28-20-8-6-19(7-9-20)26-22-11-17-35-24(22)10-14-32(26)18-25(33)30-12-3-13-31(16-15-30)27(34)21-4-1-2-5-23(21)29/h1-2,4-9,11,17,26H,3,10,12-16,18H2. The maximum Gasteiger partial charge on any atom is 0.255 e. The predicted molar refractivity (Wildman–Crippen MR) is 141 cm³/mol. The van der Waals surface area contributed by atoms with Crippen molar-refractivity contribution in [2.45, 2.75) is 18.9 Å². The van der Waals surface area contributed by atoms with Crippen molar-refractivity contribution >= 4 is 46.4 Å². The van der Waals surface area contributed by atoms with Gasteiger partial charge in [0.15, 0.2) is 0 Å². The molecule has 1 unspecified atom stereocenters. The van der Waals surface area contributed by atoms with E-state index in [0.29, 0.717) is 48.3 Å². The minimum atomic E-state index is -0.0753. The van der Waals surface area contributed by atoms with Gasteiger partial charge >= 0.3 is 0 Å². The van der Waals surface area contributed by atoms with Crippen LogP contribution >= 0.6 is 34.5 Å². The molecule has 3 aromatic rings. The molecule has 2 aromatic carbocycles. The van der Waals surface area contributed by atoms with E-state index in [-0.39, 0.29) is 17.9 Å². The Bertz CT molecular complexity index is 1210. The first kappa shape index (κ1) is 24.3. The summed E-state index contributed by atoms with van der Waals surface area (Å²) in [4.78, 5) is 33.8. The molecule has 2 aliphatic rings. The summed E-state index contributed by atoms with van der Waals surface area (Å²) in [6.07, 6.45) is 1.70. The highest BCUT2D eigenvalue weighted by molar-refractivity contribution is 7.10. The second-order valence-corrected chi connectivity index (χ2v) is 10.8. The van der Waals surface area contributed by atoms with E-state index in [4.69, 9.17) is 23.2 Å². The molecule has 0 bridgehead atoms. The van der Waals surface area contributed by atoms with Gasteiger partial charge in [-0.3, -0.25) is 14.5 Å². The molecule has 2 amide bonds. The Labute approximate surface area is 219 Å². The van der Waals surface area contributed by atoms with Gasteiger partial charge in [-0.05, 0) is 59.7 Å². The molecular formula is C27H27Cl2N3O2S. The number of halogens is 2. The van der Waals surface area contributed by atoms with Gasteiger partial charge in [0.25, 0.3) is 5.91 Å². The van der Waals surface area contributed by atoms with Crippen LogP contribution in [0.25, 0.3) is 0 Å². The van der Waals surface area contributed by atoms with Crippen molar-refractivity contribution in [1.29, 1.82) is 0 Å². The fourth-order valence-electron chi connectivity index (χ4n) is 5.02. The Morgan fingerprint density at radius 2 is 1.63 bits per heavy atom. The van der Waals surface area contributed by atoms with Crippen molar-refractivity contribution in [2.24, 2.45) is 0 Å². The van der Waals surface area contributed by atoms with Gasteiger partial charge < -0.3 is 9.80 Å². The van der Waals surface area contributed by atoms with Crippen molar-refractivity contribution in [3.05, 3.63) is 91.6 Å². The molecule has 1 fully saturated rings. The lowest BCUT2D eigenvalue weighted by Gasteiger charge is -2.37. The Kier molecular flexibility index (Phi) is 7.44. The third kappa shape index (κ3) is 5.26. The van der Waals surface area contributed by atoms with E-state index >= 15 is 0 Å². The van der Waals surface area contributed by atoms with E-state index in [9.17, 15) is 9.59 Å². The number of hydrogen-bond donors (Lipinski definition) is 0. The van der Waals surface area contributed by atoms with Crippen LogP contribution in [0.15, 0.2) is 60.0 Å². The van der Waals surface area contributed by atoms with Crippen LogP contribution in [0.2, 0.25) is 10.0 Å². The topological polar surface area (TPSA) is 43.9 Å². The van der Waals surface area contributed by atoms with Gasteiger partial charge in [-0.25, -0.2) is 0 Å². The summed E-state index contributed by atoms with van der Waals surface area (Å²) in [5.74, 6) is 0.0309. The Hall–Kier alpha value is -2.38. The summed E-state index contributed by atoms with van der Waals surface area (Å²) in [5.41, 5.74) is 2.94. The molecule has 1 saturated heterocycles. The van der Waals surface area contributed by atoms with Crippen LogP contribution in [0.1, 0.15) is 38.8 Å². The quantitative estimate of drug-likeness (QED) is 0.457. The smallest absolute Gasteiger partial charge is 0.255 e. The van der Waals surface area contributed by atoms with E-state index in [1.54, 1.807) is 23.5 Å². The number of thiophene rings is 1. The monoisotopic (exact) mass is 527 g/mol. The van der Waals surface area contributed by atoms with Crippen molar-refractivity contribution in [3.8, 4) is 0 Å². The first-order valence-corrected chi connectivity index (χ1v) is 13.5. The highest BCUT2D eigenvalue weighted by atomic mass is 35.5. The van der Waals surface area contributed by atoms with Crippen LogP contribution < -0.4 is 0 Å². The molecule has 5 nitrogen and oxygen atoms in total. The van der Waals surface area contributed by atoms with E-state index < -0.39 is 0 Å². The molecule has 0 spiro atoms. The summed E-state index contributed by atoms with van der Waals surface area (Å²) in [6.45, 7) is 3.47. The highest BCUT2D eigenvalue weighted by Gasteiger charge is 2.32. The van der Waals surface area contributed by atoms with Crippen molar-refractivity contribution in [2.75, 3.05) is 39.3 Å². The van der Waals surface area contributed by atoms with Crippen LogP contribution in [0, 0.1) is 0 Å². The maximum absolute atomic E-state index is 13.4. The fraction of sp³-hybridized carbons (Fsp3) is 0.333. The number of fused-ring (bicyclic) bond motifs is 1. The number of amides is 2. The van der Waals surface area contributed by atoms with Crippen LogP contribution in [-0.4, -0.2) is 65.8 Å². The number of benzene rings is 2. The molecule has 2 aliphatic heterocycles. The normalized spacial score (nSPS) is 18.7. The molecule has 0 aliphatic carbocycles. The first-order chi connectivity index (χ1) is 17.0. The average Bonchev–Trinajstić information content (AvgIpc) is 3.20. The zero-order valence-corrected chi connectivity index (χ0v) is 21.7. The van der Waals surface area contributed by atoms with Gasteiger partial charge in [-0.1, -0.05) is 47.5 Å². The van der Waals surface area contributed by atoms with E-state index in [1.807, 2.05) is 34.1 Å². The zero-order chi connectivity index (χ0) is 24.4. The molecule has 182 valence electrons. The van der Waals surface area contributed by atoms with Gasteiger partial charge in [0, 0.05) is 42.6 Å². The number of nitrogens with zero attached hydrogens (tertiary/aromatic N) is 3. The second-order valence-electron chi connectivity index (χ2n) is 8.98. The molecule has 35 heavy (non-hydrogen) atoms. The van der Waals surface area contributed by atoms with Crippen LogP contribution in [0.4, 0.5) is 0 Å². The Balaban J connectivity index is 1.28. The molecule has 3 heterocycles. The van der Waals surface area contributed by atoms with E-state index in [2.05, 4.69) is 28.5 Å².